The third kappa shape index (κ3) is 5.07. The Labute approximate surface area is 192 Å². The number of carbonyl (C=O) groups excluding carboxylic acids is 1. The van der Waals surface area contributed by atoms with E-state index in [4.69, 9.17) is 10.5 Å². The van der Waals surface area contributed by atoms with E-state index in [-0.39, 0.29) is 61.7 Å². The summed E-state index contributed by atoms with van der Waals surface area (Å²) in [5.41, 5.74) is 9.15. The Kier molecular flexibility index (Phi) is 6.75. The lowest BCUT2D eigenvalue weighted by molar-refractivity contribution is -0.134. The molecule has 2 saturated carbocycles. The van der Waals surface area contributed by atoms with Crippen LogP contribution >= 0.6 is 12.4 Å². The van der Waals surface area contributed by atoms with Gasteiger partial charge in [-0.15, -0.1) is 12.4 Å². The lowest BCUT2D eigenvalue weighted by Crippen LogP contribution is -2.39. The molecular weight excluding hydrogens is 438 g/mol. The molecule has 1 unspecified atom stereocenters. The van der Waals surface area contributed by atoms with Gasteiger partial charge in [0.05, 0.1) is 29.2 Å². The summed E-state index contributed by atoms with van der Waals surface area (Å²) in [7, 11) is 0. The number of benzene rings is 1. The van der Waals surface area contributed by atoms with Crippen molar-refractivity contribution in [1.29, 1.82) is 0 Å². The average molecular weight is 469 g/mol. The number of nitrogens with one attached hydrogen (secondary N) is 2. The molecule has 4 N–H and O–H groups in total. The molecule has 0 bridgehead atoms. The van der Waals surface area contributed by atoms with Crippen molar-refractivity contribution < 1.29 is 18.3 Å². The predicted molar refractivity (Wildman–Crippen MR) is 120 cm³/mol. The van der Waals surface area contributed by atoms with Crippen molar-refractivity contribution in [3.05, 3.63) is 29.6 Å². The normalized spacial score (nSPS) is 24.9. The molecule has 6 nitrogen and oxygen atoms in total. The van der Waals surface area contributed by atoms with Gasteiger partial charge in [0.2, 0.25) is 11.8 Å². The fourth-order valence-corrected chi connectivity index (χ4v) is 4.95. The molecule has 32 heavy (non-hydrogen) atoms. The van der Waals surface area contributed by atoms with Gasteiger partial charge in [0.25, 0.3) is 0 Å². The Bertz CT molecular complexity index is 951. The van der Waals surface area contributed by atoms with Crippen LogP contribution in [0.4, 0.5) is 8.78 Å². The van der Waals surface area contributed by atoms with Gasteiger partial charge in [-0.3, -0.25) is 4.79 Å². The van der Waals surface area contributed by atoms with Crippen LogP contribution in [0.1, 0.15) is 74.8 Å². The van der Waals surface area contributed by atoms with Gasteiger partial charge >= 0.3 is 0 Å². The van der Waals surface area contributed by atoms with E-state index in [1.54, 1.807) is 0 Å². The predicted octanol–water partition coefficient (Wildman–Crippen LogP) is 4.56. The Morgan fingerprint density at radius 2 is 2.06 bits per heavy atom. The number of nitrogens with two attached hydrogens (primary N) is 1. The van der Waals surface area contributed by atoms with Gasteiger partial charge in [-0.1, -0.05) is 6.07 Å². The number of carbonyl (C=O) groups is 1. The minimum Gasteiger partial charge on any atom is -0.376 e. The van der Waals surface area contributed by atoms with Gasteiger partial charge in [-0.2, -0.15) is 0 Å². The number of fused-ring (bicyclic) bond motifs is 1. The molecule has 9 heteroatoms. The smallest absolute Gasteiger partial charge is 0.248 e. The first kappa shape index (κ1) is 23.4. The number of amides is 1. The minimum absolute atomic E-state index is 0. The van der Waals surface area contributed by atoms with E-state index in [0.29, 0.717) is 5.92 Å². The van der Waals surface area contributed by atoms with Crippen LogP contribution in [0, 0.1) is 11.8 Å². The molecule has 3 aliphatic rings. The number of ether oxygens (including phenoxy) is 1. The Morgan fingerprint density at radius 3 is 2.72 bits per heavy atom. The van der Waals surface area contributed by atoms with Gasteiger partial charge < -0.3 is 20.8 Å². The quantitative estimate of drug-likeness (QED) is 0.555. The summed E-state index contributed by atoms with van der Waals surface area (Å²) in [6, 6.07) is 5.58. The first-order valence-electron chi connectivity index (χ1n) is 11.4. The zero-order valence-corrected chi connectivity index (χ0v) is 18.8. The molecule has 1 saturated heterocycles. The topological polar surface area (TPSA) is 93.0 Å². The van der Waals surface area contributed by atoms with Gasteiger partial charge in [0.1, 0.15) is 5.82 Å². The molecule has 2 heterocycles. The highest BCUT2D eigenvalue weighted by atomic mass is 35.5. The third-order valence-corrected chi connectivity index (χ3v) is 6.87. The number of aromatic amines is 1. The maximum atomic E-state index is 13.1. The van der Waals surface area contributed by atoms with Crippen LogP contribution in [-0.4, -0.2) is 34.5 Å². The van der Waals surface area contributed by atoms with Crippen LogP contribution in [0.5, 0.6) is 0 Å². The standard InChI is InChI=1S/C23H30F2N4O2.ClH/c24-23(25)11-13(12-23)9-19(30)29-21(14-4-5-14)15-6-7-16-17(10-15)28-22(27-16)20(26)18-3-1-2-8-31-18;/h6-7,10,13-14,18,20-21H,1-5,8-9,11-12,26H2,(H,27,28)(H,29,30);1H/t18-,20?,21+;/m0./s1. The van der Waals surface area contributed by atoms with Gasteiger partial charge in [-0.25, -0.2) is 13.8 Å². The first-order chi connectivity index (χ1) is 14.9. The van der Waals surface area contributed by atoms with Gasteiger partial charge in [0, 0.05) is 25.9 Å². The zero-order chi connectivity index (χ0) is 21.6. The number of hydrogen-bond acceptors (Lipinski definition) is 4. The maximum Gasteiger partial charge on any atom is 0.248 e. The van der Waals surface area contributed by atoms with E-state index in [0.717, 1.165) is 61.1 Å². The SMILES string of the molecule is Cl.NC(c1nc2ccc([C@H](NC(=O)CC3CC(F)(F)C3)C3CC3)cc2[nH]1)[C@@H]1CCCCO1. The second-order valence-electron chi connectivity index (χ2n) is 9.55. The van der Waals surface area contributed by atoms with E-state index < -0.39 is 5.92 Å². The molecule has 1 aliphatic heterocycles. The van der Waals surface area contributed by atoms with Gasteiger partial charge in [-0.05, 0) is 61.6 Å². The summed E-state index contributed by atoms with van der Waals surface area (Å²) in [6.45, 7) is 0.740. The summed E-state index contributed by atoms with van der Waals surface area (Å²) in [5.74, 6) is -1.83. The molecule has 1 aromatic carbocycles. The highest BCUT2D eigenvalue weighted by molar-refractivity contribution is 5.85. The van der Waals surface area contributed by atoms with Crippen LogP contribution in [0.3, 0.4) is 0 Å². The summed E-state index contributed by atoms with van der Waals surface area (Å²) < 4.78 is 32.0. The molecule has 3 fully saturated rings. The van der Waals surface area contributed by atoms with Gasteiger partial charge in [0.15, 0.2) is 0 Å². The molecular formula is C23H31ClF2N4O2. The third-order valence-electron chi connectivity index (χ3n) is 6.87. The number of halogens is 3. The van der Waals surface area contributed by atoms with Crippen molar-refractivity contribution in [2.24, 2.45) is 17.6 Å². The largest absolute Gasteiger partial charge is 0.376 e. The number of H-pyrrole nitrogens is 1. The summed E-state index contributed by atoms with van der Waals surface area (Å²) in [4.78, 5) is 20.5. The summed E-state index contributed by atoms with van der Waals surface area (Å²) >= 11 is 0. The molecule has 2 aromatic rings. The molecule has 2 aliphatic carbocycles. The van der Waals surface area contributed by atoms with Crippen molar-refractivity contribution in [3.8, 4) is 0 Å². The van der Waals surface area contributed by atoms with Crippen LogP contribution in [0.25, 0.3) is 11.0 Å². The zero-order valence-electron chi connectivity index (χ0n) is 18.0. The molecule has 3 atom stereocenters. The molecule has 1 amide bonds. The maximum absolute atomic E-state index is 13.1. The second-order valence-corrected chi connectivity index (χ2v) is 9.55. The Balaban J connectivity index is 0.00000245. The summed E-state index contributed by atoms with van der Waals surface area (Å²) in [5, 5.41) is 3.10. The molecule has 0 radical (unpaired) electrons. The average Bonchev–Trinajstić information content (AvgIpc) is 3.48. The first-order valence-corrected chi connectivity index (χ1v) is 11.4. The molecule has 1 aromatic heterocycles. The number of aromatic nitrogens is 2. The van der Waals surface area contributed by atoms with E-state index in [2.05, 4.69) is 15.3 Å². The molecule has 0 spiro atoms. The fraction of sp³-hybridized carbons (Fsp3) is 0.652. The Morgan fingerprint density at radius 1 is 1.28 bits per heavy atom. The van der Waals surface area contributed by atoms with E-state index in [1.165, 1.54) is 0 Å². The number of rotatable bonds is 7. The number of imidazole rings is 1. The summed E-state index contributed by atoms with van der Waals surface area (Å²) in [6.07, 6.45) is 5.04. The van der Waals surface area contributed by atoms with Crippen LogP contribution in [0.15, 0.2) is 18.2 Å². The van der Waals surface area contributed by atoms with Crippen LogP contribution < -0.4 is 11.1 Å². The van der Waals surface area contributed by atoms with Crippen LogP contribution in [0.2, 0.25) is 0 Å². The van der Waals surface area contributed by atoms with Crippen molar-refractivity contribution in [2.45, 2.75) is 75.5 Å². The number of nitrogens with zero attached hydrogens (tertiary/aromatic N) is 1. The van der Waals surface area contributed by atoms with Crippen molar-refractivity contribution in [1.82, 2.24) is 15.3 Å². The highest BCUT2D eigenvalue weighted by Gasteiger charge is 2.46. The van der Waals surface area contributed by atoms with Crippen LogP contribution in [-0.2, 0) is 9.53 Å². The van der Waals surface area contributed by atoms with E-state index >= 15 is 0 Å². The molecule has 5 rings (SSSR count). The Hall–Kier alpha value is -1.77. The van der Waals surface area contributed by atoms with E-state index in [9.17, 15) is 13.6 Å². The highest BCUT2D eigenvalue weighted by Crippen LogP contribution is 2.45. The van der Waals surface area contributed by atoms with Crippen molar-refractivity contribution in [3.63, 3.8) is 0 Å². The van der Waals surface area contributed by atoms with Crippen molar-refractivity contribution >= 4 is 29.3 Å². The minimum atomic E-state index is -2.59. The molecule has 176 valence electrons. The van der Waals surface area contributed by atoms with E-state index in [1.807, 2.05) is 18.2 Å². The second kappa shape index (κ2) is 9.23. The monoisotopic (exact) mass is 468 g/mol. The fourth-order valence-electron chi connectivity index (χ4n) is 4.95. The number of alkyl halides is 2. The lowest BCUT2D eigenvalue weighted by atomic mass is 9.79. The lowest BCUT2D eigenvalue weighted by Gasteiger charge is -2.34. The van der Waals surface area contributed by atoms with Crippen molar-refractivity contribution in [2.75, 3.05) is 6.61 Å². The number of hydrogen-bond donors (Lipinski definition) is 3.